The van der Waals surface area contributed by atoms with Crippen LogP contribution in [-0.2, 0) is 10.7 Å². The molecule has 0 N–H and O–H groups in total. The van der Waals surface area contributed by atoms with E-state index in [1.807, 2.05) is 18.2 Å². The van der Waals surface area contributed by atoms with Crippen LogP contribution in [0.5, 0.6) is 11.5 Å². The molecule has 0 spiro atoms. The number of ether oxygens (including phenoxy) is 2. The van der Waals surface area contributed by atoms with E-state index >= 15 is 0 Å². The van der Waals surface area contributed by atoms with Crippen LogP contribution < -0.4 is 9.47 Å². The minimum atomic E-state index is 0.674. The third-order valence-electron chi connectivity index (χ3n) is 2.75. The van der Waals surface area contributed by atoms with Gasteiger partial charge in [0.15, 0.2) is 0 Å². The molecule has 0 amide bonds. The second-order valence-corrected chi connectivity index (χ2v) is 4.84. The van der Waals surface area contributed by atoms with Gasteiger partial charge in [-0.05, 0) is 18.2 Å². The Morgan fingerprint density at radius 1 is 1.06 bits per heavy atom. The normalized spacial score (nSPS) is 10.7. The Labute approximate surface area is 123 Å². The van der Waals surface area contributed by atoms with Crippen LogP contribution in [0, 0.1) is 0 Å². The molecule has 1 aromatic heterocycles. The maximum Gasteiger partial charge on any atom is 0.128 e. The second-order valence-electron chi connectivity index (χ2n) is 3.72. The van der Waals surface area contributed by atoms with Gasteiger partial charge >= 0.3 is 0 Å². The smallest absolute Gasteiger partial charge is 0.128 e. The van der Waals surface area contributed by atoms with Crippen LogP contribution in [0.1, 0.15) is 11.4 Å². The molecule has 1 heterocycles. The Hall–Kier alpha value is -0.810. The average Bonchev–Trinajstić information content (AvgIpc) is 2.44. The van der Waals surface area contributed by atoms with E-state index in [0.29, 0.717) is 10.7 Å². The number of nitrogens with zero attached hydrogens (tertiary/aromatic N) is 1. The second kappa shape index (κ2) is 5.89. The van der Waals surface area contributed by atoms with E-state index in [-0.39, 0.29) is 0 Å². The molecule has 18 heavy (non-hydrogen) atoms. The van der Waals surface area contributed by atoms with Crippen LogP contribution in [0.25, 0.3) is 10.8 Å². The highest BCUT2D eigenvalue weighted by molar-refractivity contribution is 9.08. The molecule has 0 bridgehead atoms. The average molecular weight is 375 g/mol. The van der Waals surface area contributed by atoms with Crippen LogP contribution in [0.2, 0.25) is 0 Å². The Bertz CT molecular complexity index is 572. The Kier molecular flexibility index (Phi) is 4.45. The van der Waals surface area contributed by atoms with Crippen LogP contribution in [-0.4, -0.2) is 19.2 Å². The zero-order chi connectivity index (χ0) is 13.1. The van der Waals surface area contributed by atoms with Crippen molar-refractivity contribution in [2.45, 2.75) is 10.7 Å². The number of fused-ring (bicyclic) bond motifs is 1. The summed E-state index contributed by atoms with van der Waals surface area (Å²) in [5, 5.41) is 3.41. The third-order valence-corrected chi connectivity index (χ3v) is 3.85. The van der Waals surface area contributed by atoms with E-state index in [0.717, 1.165) is 33.7 Å². The number of benzene rings is 1. The quantitative estimate of drug-likeness (QED) is 0.756. The fourth-order valence-corrected chi connectivity index (χ4v) is 2.66. The molecule has 2 rings (SSSR count). The maximum atomic E-state index is 5.41. The van der Waals surface area contributed by atoms with Crippen molar-refractivity contribution < 1.29 is 9.47 Å². The van der Waals surface area contributed by atoms with E-state index < -0.39 is 0 Å². The molecular weight excluding hydrogens is 362 g/mol. The van der Waals surface area contributed by atoms with Gasteiger partial charge in [0.05, 0.1) is 25.6 Å². The van der Waals surface area contributed by atoms with Crippen molar-refractivity contribution in [3.63, 3.8) is 0 Å². The first kappa shape index (κ1) is 13.6. The molecule has 0 aliphatic carbocycles. The topological polar surface area (TPSA) is 31.4 Å². The number of hydrogen-bond donors (Lipinski definition) is 0. The summed E-state index contributed by atoms with van der Waals surface area (Å²) in [4.78, 5) is 4.59. The summed E-state index contributed by atoms with van der Waals surface area (Å²) in [6.07, 6.45) is 0. The molecular formula is C13H13Br2NO2. The van der Waals surface area contributed by atoms with Gasteiger partial charge in [-0.2, -0.15) is 0 Å². The molecule has 2 aromatic rings. The molecule has 1 aromatic carbocycles. The molecule has 0 unspecified atom stereocenters. The summed E-state index contributed by atoms with van der Waals surface area (Å²) >= 11 is 6.92. The number of alkyl halides is 2. The van der Waals surface area contributed by atoms with Crippen molar-refractivity contribution in [3.8, 4) is 11.5 Å². The molecule has 0 aliphatic rings. The first-order chi connectivity index (χ1) is 8.74. The summed E-state index contributed by atoms with van der Waals surface area (Å²) in [5.74, 6) is 1.64. The summed E-state index contributed by atoms with van der Waals surface area (Å²) in [7, 11) is 3.33. The van der Waals surface area contributed by atoms with Gasteiger partial charge in [-0.25, -0.2) is 0 Å². The lowest BCUT2D eigenvalue weighted by atomic mass is 10.1. The number of pyridine rings is 1. The number of aromatic nitrogens is 1. The fourth-order valence-electron chi connectivity index (χ4n) is 1.96. The highest BCUT2D eigenvalue weighted by Crippen LogP contribution is 2.36. The Balaban J connectivity index is 2.86. The highest BCUT2D eigenvalue weighted by atomic mass is 79.9. The minimum Gasteiger partial charge on any atom is -0.496 e. The molecule has 0 saturated carbocycles. The Morgan fingerprint density at radius 2 is 1.72 bits per heavy atom. The first-order valence-electron chi connectivity index (χ1n) is 5.40. The van der Waals surface area contributed by atoms with Crippen LogP contribution in [0.3, 0.4) is 0 Å². The van der Waals surface area contributed by atoms with E-state index in [9.17, 15) is 0 Å². The lowest BCUT2D eigenvalue weighted by Crippen LogP contribution is -1.98. The molecule has 0 saturated heterocycles. The fraction of sp³-hybridized carbons (Fsp3) is 0.308. The standard InChI is InChI=1S/C13H13Br2NO2/c1-17-11-3-4-12(18-2)13-9(11)5-8(6-14)16-10(13)7-15/h3-5H,6-7H2,1-2H3. The summed E-state index contributed by atoms with van der Waals surface area (Å²) < 4.78 is 10.8. The lowest BCUT2D eigenvalue weighted by molar-refractivity contribution is 0.410. The van der Waals surface area contributed by atoms with Gasteiger partial charge in [0.2, 0.25) is 0 Å². The number of hydrogen-bond acceptors (Lipinski definition) is 3. The Morgan fingerprint density at radius 3 is 2.28 bits per heavy atom. The molecule has 96 valence electrons. The molecule has 0 atom stereocenters. The van der Waals surface area contributed by atoms with Crippen LogP contribution in [0.15, 0.2) is 18.2 Å². The van der Waals surface area contributed by atoms with Crippen LogP contribution in [0.4, 0.5) is 0 Å². The van der Waals surface area contributed by atoms with Crippen molar-refractivity contribution in [2.75, 3.05) is 14.2 Å². The van der Waals surface area contributed by atoms with Crippen molar-refractivity contribution in [2.24, 2.45) is 0 Å². The van der Waals surface area contributed by atoms with Gasteiger partial charge in [0.25, 0.3) is 0 Å². The highest BCUT2D eigenvalue weighted by Gasteiger charge is 2.13. The zero-order valence-electron chi connectivity index (χ0n) is 10.2. The predicted octanol–water partition coefficient (Wildman–Crippen LogP) is 4.04. The van der Waals surface area contributed by atoms with Gasteiger partial charge < -0.3 is 9.47 Å². The predicted molar refractivity (Wildman–Crippen MR) is 80.1 cm³/mol. The van der Waals surface area contributed by atoms with Gasteiger partial charge in [-0.15, -0.1) is 0 Å². The molecule has 3 nitrogen and oxygen atoms in total. The maximum absolute atomic E-state index is 5.41. The third kappa shape index (κ3) is 2.34. The molecule has 0 fully saturated rings. The number of rotatable bonds is 4. The summed E-state index contributed by atoms with van der Waals surface area (Å²) in [6, 6.07) is 5.84. The number of halogens is 2. The van der Waals surface area contributed by atoms with Gasteiger partial charge in [0, 0.05) is 21.4 Å². The molecule has 5 heteroatoms. The van der Waals surface area contributed by atoms with E-state index in [1.54, 1.807) is 14.2 Å². The van der Waals surface area contributed by atoms with Crippen molar-refractivity contribution in [1.82, 2.24) is 4.98 Å². The molecule has 0 aliphatic heterocycles. The zero-order valence-corrected chi connectivity index (χ0v) is 13.3. The van der Waals surface area contributed by atoms with Crippen LogP contribution >= 0.6 is 31.9 Å². The number of methoxy groups -OCH3 is 2. The van der Waals surface area contributed by atoms with Crippen molar-refractivity contribution in [3.05, 3.63) is 29.6 Å². The SMILES string of the molecule is COc1ccc(OC)c2c(CBr)nc(CBr)cc12. The van der Waals surface area contributed by atoms with E-state index in [1.165, 1.54) is 0 Å². The first-order valence-corrected chi connectivity index (χ1v) is 7.64. The minimum absolute atomic E-state index is 0.674. The van der Waals surface area contributed by atoms with Crippen molar-refractivity contribution >= 4 is 42.6 Å². The largest absolute Gasteiger partial charge is 0.496 e. The van der Waals surface area contributed by atoms with Gasteiger partial charge in [0.1, 0.15) is 11.5 Å². The van der Waals surface area contributed by atoms with Gasteiger partial charge in [-0.1, -0.05) is 31.9 Å². The summed E-state index contributed by atoms with van der Waals surface area (Å²) in [6.45, 7) is 0. The molecule has 0 radical (unpaired) electrons. The van der Waals surface area contributed by atoms with E-state index in [4.69, 9.17) is 9.47 Å². The van der Waals surface area contributed by atoms with Crippen molar-refractivity contribution in [1.29, 1.82) is 0 Å². The van der Waals surface area contributed by atoms with Gasteiger partial charge in [-0.3, -0.25) is 4.98 Å². The lowest BCUT2D eigenvalue weighted by Gasteiger charge is -2.13. The summed E-state index contributed by atoms with van der Waals surface area (Å²) in [5.41, 5.74) is 1.93. The van der Waals surface area contributed by atoms with E-state index in [2.05, 4.69) is 36.8 Å². The monoisotopic (exact) mass is 373 g/mol.